The normalized spacial score (nSPS) is 10.2. The van der Waals surface area contributed by atoms with Gasteiger partial charge in [0.15, 0.2) is 5.78 Å². The molecule has 0 aliphatic heterocycles. The summed E-state index contributed by atoms with van der Waals surface area (Å²) in [6, 6.07) is 1.78. The molecule has 0 saturated carbocycles. The number of unbranched alkanes of at least 4 members (excludes halogenated alkanes) is 1. The number of aryl methyl sites for hydroxylation is 1. The fourth-order valence-electron chi connectivity index (χ4n) is 1.37. The lowest BCUT2D eigenvalue weighted by Crippen LogP contribution is -1.99. The van der Waals surface area contributed by atoms with Gasteiger partial charge in [0.2, 0.25) is 0 Å². The standard InChI is InChI=1S/C11H15NO3/c1-12-7-6-9(8-12)10(13)4-2-3-5-11(14)15/h6-8H,2-5H2,1H3,(H,14,15). The SMILES string of the molecule is Cn1ccc(C(=O)CCCCC(=O)O)c1. The lowest BCUT2D eigenvalue weighted by molar-refractivity contribution is -0.137. The van der Waals surface area contributed by atoms with Gasteiger partial charge in [-0.25, -0.2) is 0 Å². The van der Waals surface area contributed by atoms with Crippen molar-refractivity contribution in [1.82, 2.24) is 4.57 Å². The van der Waals surface area contributed by atoms with Crippen LogP contribution in [0.4, 0.5) is 0 Å². The first-order valence-corrected chi connectivity index (χ1v) is 4.96. The van der Waals surface area contributed by atoms with Gasteiger partial charge in [0.25, 0.3) is 0 Å². The lowest BCUT2D eigenvalue weighted by Gasteiger charge is -1.97. The van der Waals surface area contributed by atoms with Crippen LogP contribution in [0.2, 0.25) is 0 Å². The van der Waals surface area contributed by atoms with E-state index in [1.165, 1.54) is 0 Å². The highest BCUT2D eigenvalue weighted by Gasteiger charge is 2.06. The van der Waals surface area contributed by atoms with Crippen LogP contribution in [-0.2, 0) is 11.8 Å². The van der Waals surface area contributed by atoms with E-state index in [0.717, 1.165) is 0 Å². The molecule has 0 aliphatic carbocycles. The van der Waals surface area contributed by atoms with Crippen molar-refractivity contribution in [3.05, 3.63) is 24.0 Å². The number of ketones is 1. The van der Waals surface area contributed by atoms with Gasteiger partial charge >= 0.3 is 5.97 Å². The van der Waals surface area contributed by atoms with Crippen molar-refractivity contribution in [3.63, 3.8) is 0 Å². The van der Waals surface area contributed by atoms with Crippen molar-refractivity contribution in [3.8, 4) is 0 Å². The Hall–Kier alpha value is -1.58. The summed E-state index contributed by atoms with van der Waals surface area (Å²) in [5, 5.41) is 8.41. The molecule has 0 amide bonds. The van der Waals surface area contributed by atoms with Gasteiger partial charge in [-0.2, -0.15) is 0 Å². The van der Waals surface area contributed by atoms with E-state index in [9.17, 15) is 9.59 Å². The van der Waals surface area contributed by atoms with E-state index in [4.69, 9.17) is 5.11 Å². The van der Waals surface area contributed by atoms with Crippen LogP contribution in [0.1, 0.15) is 36.0 Å². The van der Waals surface area contributed by atoms with Crippen LogP contribution in [0, 0.1) is 0 Å². The van der Waals surface area contributed by atoms with Crippen molar-refractivity contribution in [2.75, 3.05) is 0 Å². The molecule has 0 aliphatic rings. The number of Topliss-reactive ketones (excluding diaryl/α,β-unsaturated/α-hetero) is 1. The summed E-state index contributed by atoms with van der Waals surface area (Å²) < 4.78 is 1.82. The predicted molar refractivity (Wildman–Crippen MR) is 55.8 cm³/mol. The third kappa shape index (κ3) is 3.97. The number of carbonyl (C=O) groups excluding carboxylic acids is 1. The minimum atomic E-state index is -0.804. The maximum Gasteiger partial charge on any atom is 0.303 e. The van der Waals surface area contributed by atoms with Crippen molar-refractivity contribution in [2.45, 2.75) is 25.7 Å². The van der Waals surface area contributed by atoms with Gasteiger partial charge < -0.3 is 9.67 Å². The molecular formula is C11H15NO3. The minimum Gasteiger partial charge on any atom is -0.481 e. The Kier molecular flexibility index (Phi) is 4.09. The second-order valence-electron chi connectivity index (χ2n) is 3.59. The van der Waals surface area contributed by atoms with E-state index >= 15 is 0 Å². The lowest BCUT2D eigenvalue weighted by atomic mass is 10.1. The Balaban J connectivity index is 2.28. The summed E-state index contributed by atoms with van der Waals surface area (Å²) in [7, 11) is 1.86. The van der Waals surface area contributed by atoms with Crippen LogP contribution in [0.15, 0.2) is 18.5 Å². The number of carboxylic acids is 1. The molecule has 0 saturated heterocycles. The second kappa shape index (κ2) is 5.34. The summed E-state index contributed by atoms with van der Waals surface area (Å²) in [6.45, 7) is 0. The van der Waals surface area contributed by atoms with Gasteiger partial charge in [-0.05, 0) is 18.9 Å². The molecule has 0 aromatic carbocycles. The quantitative estimate of drug-likeness (QED) is 0.574. The van der Waals surface area contributed by atoms with E-state index in [1.54, 1.807) is 12.3 Å². The van der Waals surface area contributed by atoms with Crippen molar-refractivity contribution >= 4 is 11.8 Å². The largest absolute Gasteiger partial charge is 0.481 e. The molecule has 1 heterocycles. The Morgan fingerprint density at radius 2 is 2.00 bits per heavy atom. The topological polar surface area (TPSA) is 59.3 Å². The first-order valence-electron chi connectivity index (χ1n) is 4.96. The van der Waals surface area contributed by atoms with Crippen LogP contribution in [0.5, 0.6) is 0 Å². The van der Waals surface area contributed by atoms with Gasteiger partial charge in [0, 0.05) is 37.8 Å². The molecule has 0 spiro atoms. The van der Waals surface area contributed by atoms with Gasteiger partial charge in [0.05, 0.1) is 0 Å². The highest BCUT2D eigenvalue weighted by atomic mass is 16.4. The zero-order valence-electron chi connectivity index (χ0n) is 8.77. The Morgan fingerprint density at radius 3 is 2.53 bits per heavy atom. The third-order valence-corrected chi connectivity index (χ3v) is 2.20. The number of hydrogen-bond acceptors (Lipinski definition) is 2. The second-order valence-corrected chi connectivity index (χ2v) is 3.59. The van der Waals surface area contributed by atoms with Crippen LogP contribution in [-0.4, -0.2) is 21.4 Å². The number of aliphatic carboxylic acids is 1. The molecule has 1 aromatic rings. The van der Waals surface area contributed by atoms with Gasteiger partial charge in [-0.3, -0.25) is 9.59 Å². The number of rotatable bonds is 6. The van der Waals surface area contributed by atoms with Crippen LogP contribution in [0.3, 0.4) is 0 Å². The zero-order valence-corrected chi connectivity index (χ0v) is 8.77. The molecule has 0 fully saturated rings. The smallest absolute Gasteiger partial charge is 0.303 e. The highest BCUT2D eigenvalue weighted by Crippen LogP contribution is 2.08. The first-order chi connectivity index (χ1) is 7.09. The average Bonchev–Trinajstić information content (AvgIpc) is 2.59. The molecule has 82 valence electrons. The number of hydrogen-bond donors (Lipinski definition) is 1. The molecule has 1 rings (SSSR count). The maximum absolute atomic E-state index is 11.5. The number of carbonyl (C=O) groups is 2. The van der Waals surface area contributed by atoms with Crippen molar-refractivity contribution in [2.24, 2.45) is 7.05 Å². The minimum absolute atomic E-state index is 0.0842. The zero-order chi connectivity index (χ0) is 11.3. The highest BCUT2D eigenvalue weighted by molar-refractivity contribution is 5.95. The van der Waals surface area contributed by atoms with Gasteiger partial charge in [0.1, 0.15) is 0 Å². The Morgan fingerprint density at radius 1 is 1.33 bits per heavy atom. The fraction of sp³-hybridized carbons (Fsp3) is 0.455. The molecule has 1 N–H and O–H groups in total. The molecule has 4 heteroatoms. The summed E-state index contributed by atoms with van der Waals surface area (Å²) in [4.78, 5) is 21.8. The fourth-order valence-corrected chi connectivity index (χ4v) is 1.37. The van der Waals surface area contributed by atoms with E-state index < -0.39 is 5.97 Å². The van der Waals surface area contributed by atoms with E-state index in [2.05, 4.69) is 0 Å². The average molecular weight is 209 g/mol. The number of aromatic nitrogens is 1. The summed E-state index contributed by atoms with van der Waals surface area (Å²) in [6.07, 6.45) is 5.37. The van der Waals surface area contributed by atoms with Crippen molar-refractivity contribution < 1.29 is 14.7 Å². The Labute approximate surface area is 88.5 Å². The van der Waals surface area contributed by atoms with E-state index in [-0.39, 0.29) is 12.2 Å². The molecule has 4 nitrogen and oxygen atoms in total. The van der Waals surface area contributed by atoms with Crippen molar-refractivity contribution in [1.29, 1.82) is 0 Å². The molecule has 0 bridgehead atoms. The molecule has 0 radical (unpaired) electrons. The number of nitrogens with zero attached hydrogens (tertiary/aromatic N) is 1. The van der Waals surface area contributed by atoms with Crippen LogP contribution >= 0.6 is 0 Å². The molecule has 0 atom stereocenters. The van der Waals surface area contributed by atoms with Gasteiger partial charge in [-0.15, -0.1) is 0 Å². The Bertz CT molecular complexity index is 354. The maximum atomic E-state index is 11.5. The predicted octanol–water partition coefficient (Wildman–Crippen LogP) is 1.85. The third-order valence-electron chi connectivity index (χ3n) is 2.20. The summed E-state index contributed by atoms with van der Waals surface area (Å²) in [5.74, 6) is -0.719. The monoisotopic (exact) mass is 209 g/mol. The molecule has 1 aromatic heterocycles. The van der Waals surface area contributed by atoms with Crippen LogP contribution in [0.25, 0.3) is 0 Å². The first kappa shape index (κ1) is 11.5. The summed E-state index contributed by atoms with van der Waals surface area (Å²) in [5.41, 5.74) is 0.702. The van der Waals surface area contributed by atoms with E-state index in [1.807, 2.05) is 17.8 Å². The van der Waals surface area contributed by atoms with Gasteiger partial charge in [-0.1, -0.05) is 0 Å². The van der Waals surface area contributed by atoms with Crippen LogP contribution < -0.4 is 0 Å². The van der Waals surface area contributed by atoms with E-state index in [0.29, 0.717) is 24.8 Å². The molecule has 15 heavy (non-hydrogen) atoms. The molecule has 0 unspecified atom stereocenters. The summed E-state index contributed by atoms with van der Waals surface area (Å²) >= 11 is 0. The number of carboxylic acid groups (broad SMARTS) is 1. The molecular weight excluding hydrogens is 194 g/mol.